The normalized spacial score (nSPS) is 14.9. The summed E-state index contributed by atoms with van der Waals surface area (Å²) in [5.74, 6) is 0. The van der Waals surface area contributed by atoms with Crippen LogP contribution in [0.25, 0.3) is 0 Å². The van der Waals surface area contributed by atoms with Crippen molar-refractivity contribution in [3.05, 3.63) is 35.4 Å². The molecular weight excluding hydrogens is 286 g/mol. The van der Waals surface area contributed by atoms with Crippen LogP contribution in [-0.4, -0.2) is 40.2 Å². The highest BCUT2D eigenvalue weighted by molar-refractivity contribution is 7.91. The van der Waals surface area contributed by atoms with Crippen molar-refractivity contribution >= 4 is 9.84 Å². The van der Waals surface area contributed by atoms with E-state index in [2.05, 4.69) is 12.2 Å². The van der Waals surface area contributed by atoms with E-state index in [1.165, 1.54) is 11.8 Å². The van der Waals surface area contributed by atoms with Gasteiger partial charge in [-0.25, -0.2) is 8.42 Å². The van der Waals surface area contributed by atoms with Gasteiger partial charge in [0.05, 0.1) is 11.9 Å². The zero-order valence-electron chi connectivity index (χ0n) is 13.4. The van der Waals surface area contributed by atoms with E-state index < -0.39 is 15.1 Å². The lowest BCUT2D eigenvalue weighted by Gasteiger charge is -2.24. The first-order valence-electron chi connectivity index (χ1n) is 7.40. The lowest BCUT2D eigenvalue weighted by Crippen LogP contribution is -2.35. The topological polar surface area (TPSA) is 55.4 Å². The van der Waals surface area contributed by atoms with Crippen LogP contribution >= 0.6 is 0 Å². The zero-order valence-corrected chi connectivity index (χ0v) is 14.2. The molecule has 21 heavy (non-hydrogen) atoms. The zero-order chi connectivity index (χ0) is 15.9. The molecule has 4 nitrogen and oxygen atoms in total. The number of rotatable bonds is 9. The molecule has 0 aliphatic carbocycles. The standard InChI is InChI=1S/C16H27NO3S/c1-5-11-17-16(13(2)21(4,18)19)15-8-6-14(7-9-15)10-12-20-3/h6-9,13,16-17H,5,10-12H2,1-4H3. The maximum atomic E-state index is 11.9. The smallest absolute Gasteiger partial charge is 0.151 e. The Labute approximate surface area is 128 Å². The van der Waals surface area contributed by atoms with Gasteiger partial charge in [-0.3, -0.25) is 0 Å². The molecule has 1 N–H and O–H groups in total. The van der Waals surface area contributed by atoms with E-state index in [1.54, 1.807) is 14.0 Å². The third-order valence-electron chi connectivity index (χ3n) is 3.69. The largest absolute Gasteiger partial charge is 0.384 e. The van der Waals surface area contributed by atoms with Crippen molar-refractivity contribution < 1.29 is 13.2 Å². The average Bonchev–Trinajstić information content (AvgIpc) is 2.45. The Kier molecular flexibility index (Phi) is 7.35. The molecule has 0 saturated heterocycles. The highest BCUT2D eigenvalue weighted by atomic mass is 32.2. The molecule has 1 aromatic rings. The highest BCUT2D eigenvalue weighted by Crippen LogP contribution is 2.22. The van der Waals surface area contributed by atoms with Gasteiger partial charge in [0.2, 0.25) is 0 Å². The third-order valence-corrected chi connectivity index (χ3v) is 5.32. The average molecular weight is 313 g/mol. The summed E-state index contributed by atoms with van der Waals surface area (Å²) >= 11 is 0. The summed E-state index contributed by atoms with van der Waals surface area (Å²) < 4.78 is 28.8. The molecule has 0 bridgehead atoms. The molecule has 5 heteroatoms. The molecule has 0 aliphatic rings. The predicted octanol–water partition coefficient (Wildman–Crippen LogP) is 2.35. The van der Waals surface area contributed by atoms with Crippen LogP contribution in [0.4, 0.5) is 0 Å². The molecule has 2 atom stereocenters. The summed E-state index contributed by atoms with van der Waals surface area (Å²) in [6.45, 7) is 5.33. The van der Waals surface area contributed by atoms with Crippen LogP contribution in [0.2, 0.25) is 0 Å². The fraction of sp³-hybridized carbons (Fsp3) is 0.625. The molecule has 0 aliphatic heterocycles. The van der Waals surface area contributed by atoms with Crippen molar-refractivity contribution in [3.8, 4) is 0 Å². The van der Waals surface area contributed by atoms with Gasteiger partial charge in [0.15, 0.2) is 9.84 Å². The number of methoxy groups -OCH3 is 1. The van der Waals surface area contributed by atoms with Crippen LogP contribution < -0.4 is 5.32 Å². The third kappa shape index (κ3) is 5.77. The van der Waals surface area contributed by atoms with E-state index in [1.807, 2.05) is 24.3 Å². The van der Waals surface area contributed by atoms with Crippen LogP contribution in [-0.2, 0) is 21.0 Å². The second-order valence-electron chi connectivity index (χ2n) is 5.45. The molecule has 0 saturated carbocycles. The number of hydrogen-bond donors (Lipinski definition) is 1. The Bertz CT molecular complexity index is 511. The van der Waals surface area contributed by atoms with Crippen molar-refractivity contribution in [2.75, 3.05) is 26.5 Å². The fourth-order valence-electron chi connectivity index (χ4n) is 2.21. The van der Waals surface area contributed by atoms with Crippen LogP contribution in [0.1, 0.15) is 37.4 Å². The molecular formula is C16H27NO3S. The van der Waals surface area contributed by atoms with Crippen molar-refractivity contribution in [1.29, 1.82) is 0 Å². The summed E-state index contributed by atoms with van der Waals surface area (Å²) in [5, 5.41) is 2.90. The summed E-state index contributed by atoms with van der Waals surface area (Å²) in [6, 6.07) is 7.95. The first kappa shape index (κ1) is 18.1. The van der Waals surface area contributed by atoms with E-state index in [-0.39, 0.29) is 6.04 Å². The Morgan fingerprint density at radius 1 is 1.24 bits per heavy atom. The second kappa shape index (κ2) is 8.51. The molecule has 0 spiro atoms. The lowest BCUT2D eigenvalue weighted by atomic mass is 10.0. The van der Waals surface area contributed by atoms with Gasteiger partial charge >= 0.3 is 0 Å². The highest BCUT2D eigenvalue weighted by Gasteiger charge is 2.26. The molecule has 0 fully saturated rings. The van der Waals surface area contributed by atoms with E-state index in [4.69, 9.17) is 4.74 Å². The van der Waals surface area contributed by atoms with E-state index >= 15 is 0 Å². The summed E-state index contributed by atoms with van der Waals surface area (Å²) in [5.41, 5.74) is 2.21. The van der Waals surface area contributed by atoms with Crippen LogP contribution in [0.3, 0.4) is 0 Å². The van der Waals surface area contributed by atoms with Gasteiger partial charge in [-0.15, -0.1) is 0 Å². The van der Waals surface area contributed by atoms with Crippen LogP contribution in [0.5, 0.6) is 0 Å². The SMILES string of the molecule is CCCNC(c1ccc(CCOC)cc1)C(C)S(C)(=O)=O. The molecule has 0 radical (unpaired) electrons. The quantitative estimate of drug-likeness (QED) is 0.760. The predicted molar refractivity (Wildman–Crippen MR) is 87.4 cm³/mol. The first-order chi connectivity index (χ1) is 9.90. The molecule has 0 amide bonds. The molecule has 2 unspecified atom stereocenters. The van der Waals surface area contributed by atoms with Gasteiger partial charge in [-0.1, -0.05) is 31.2 Å². The van der Waals surface area contributed by atoms with Gasteiger partial charge in [0, 0.05) is 19.4 Å². The molecule has 0 aromatic heterocycles. The van der Waals surface area contributed by atoms with Crippen molar-refractivity contribution in [2.45, 2.75) is 38.0 Å². The molecule has 0 heterocycles. The molecule has 1 aromatic carbocycles. The van der Waals surface area contributed by atoms with E-state index in [0.717, 1.165) is 24.9 Å². The number of ether oxygens (including phenoxy) is 1. The van der Waals surface area contributed by atoms with Crippen molar-refractivity contribution in [2.24, 2.45) is 0 Å². The number of nitrogens with one attached hydrogen (secondary N) is 1. The summed E-state index contributed by atoms with van der Waals surface area (Å²) in [4.78, 5) is 0. The maximum absolute atomic E-state index is 11.9. The molecule has 120 valence electrons. The first-order valence-corrected chi connectivity index (χ1v) is 9.35. The summed E-state index contributed by atoms with van der Waals surface area (Å²) in [7, 11) is -1.40. The Morgan fingerprint density at radius 2 is 1.86 bits per heavy atom. The Balaban J connectivity index is 2.92. The molecule has 1 rings (SSSR count). The van der Waals surface area contributed by atoms with E-state index in [9.17, 15) is 8.42 Å². The lowest BCUT2D eigenvalue weighted by molar-refractivity contribution is 0.202. The minimum Gasteiger partial charge on any atom is -0.384 e. The summed E-state index contributed by atoms with van der Waals surface area (Å²) in [6.07, 6.45) is 3.13. The van der Waals surface area contributed by atoms with Crippen molar-refractivity contribution in [1.82, 2.24) is 5.32 Å². The maximum Gasteiger partial charge on any atom is 0.151 e. The van der Waals surface area contributed by atoms with Gasteiger partial charge < -0.3 is 10.1 Å². The minimum atomic E-state index is -3.09. The Morgan fingerprint density at radius 3 is 2.33 bits per heavy atom. The van der Waals surface area contributed by atoms with Crippen LogP contribution in [0, 0.1) is 0 Å². The van der Waals surface area contributed by atoms with E-state index in [0.29, 0.717) is 6.61 Å². The van der Waals surface area contributed by atoms with Crippen molar-refractivity contribution in [3.63, 3.8) is 0 Å². The fourth-order valence-corrected chi connectivity index (χ4v) is 2.96. The second-order valence-corrected chi connectivity index (χ2v) is 7.85. The van der Waals surface area contributed by atoms with Gasteiger partial charge in [0.1, 0.15) is 0 Å². The number of benzene rings is 1. The Hall–Kier alpha value is -0.910. The van der Waals surface area contributed by atoms with Gasteiger partial charge in [-0.2, -0.15) is 0 Å². The minimum absolute atomic E-state index is 0.170. The van der Waals surface area contributed by atoms with Crippen LogP contribution in [0.15, 0.2) is 24.3 Å². The van der Waals surface area contributed by atoms with Gasteiger partial charge in [-0.05, 0) is 37.4 Å². The monoisotopic (exact) mass is 313 g/mol. The number of hydrogen-bond acceptors (Lipinski definition) is 4. The van der Waals surface area contributed by atoms with Gasteiger partial charge in [0.25, 0.3) is 0 Å². The number of sulfone groups is 1.